The maximum atomic E-state index is 10.6. The molecule has 0 aliphatic carbocycles. The molecule has 0 aliphatic rings. The van der Waals surface area contributed by atoms with Gasteiger partial charge in [0.15, 0.2) is 0 Å². The summed E-state index contributed by atoms with van der Waals surface area (Å²) in [5, 5.41) is 0. The van der Waals surface area contributed by atoms with Crippen LogP contribution >= 0.6 is 0 Å². The minimum absolute atomic E-state index is 0.381. The highest BCUT2D eigenvalue weighted by atomic mass is 32.2. The summed E-state index contributed by atoms with van der Waals surface area (Å²) in [6, 6.07) is 0. The third kappa shape index (κ3) is 2.24. The molecule has 62 valence electrons. The predicted octanol–water partition coefficient (Wildman–Crippen LogP) is -0.715. The molecule has 10 heavy (non-hydrogen) atoms. The van der Waals surface area contributed by atoms with E-state index in [1.807, 2.05) is 0 Å². The molecular weight excluding hydrogens is 154 g/mol. The van der Waals surface area contributed by atoms with E-state index in [1.54, 1.807) is 0 Å². The highest BCUT2D eigenvalue weighted by Gasteiger charge is 2.32. The van der Waals surface area contributed by atoms with Gasteiger partial charge in [-0.25, -0.2) is 0 Å². The molecule has 4 nitrogen and oxygen atoms in total. The molecule has 0 unspecified atom stereocenters. The molecule has 0 saturated heterocycles. The van der Waals surface area contributed by atoms with E-state index in [-0.39, 0.29) is 0 Å². The normalized spacial score (nSPS) is 13.6. The Morgan fingerprint density at radius 3 is 2.00 bits per heavy atom. The molecule has 0 aromatic rings. The van der Waals surface area contributed by atoms with Crippen LogP contribution in [0.5, 0.6) is 0 Å². The van der Waals surface area contributed by atoms with Crippen molar-refractivity contribution in [1.82, 2.24) is 0 Å². The van der Waals surface area contributed by atoms with Crippen molar-refractivity contribution in [3.8, 4) is 0 Å². The zero-order valence-electron chi connectivity index (χ0n) is 6.29. The van der Waals surface area contributed by atoms with Gasteiger partial charge in [-0.1, -0.05) is 0 Å². The van der Waals surface area contributed by atoms with Gasteiger partial charge in [-0.15, -0.1) is 0 Å². The molecule has 0 spiro atoms. The minimum atomic E-state index is -3.90. The second-order valence-electron chi connectivity index (χ2n) is 2.84. The van der Waals surface area contributed by atoms with Crippen molar-refractivity contribution in [2.45, 2.75) is 25.0 Å². The summed E-state index contributed by atoms with van der Waals surface area (Å²) in [5.74, 6) is 0. The van der Waals surface area contributed by atoms with Gasteiger partial charge in [0.25, 0.3) is 10.1 Å². The van der Waals surface area contributed by atoms with Crippen LogP contribution in [-0.2, 0) is 10.1 Å². The number of rotatable bonds is 3. The first-order valence-corrected chi connectivity index (χ1v) is 4.51. The molecule has 0 amide bonds. The fourth-order valence-corrected chi connectivity index (χ4v) is 0.957. The van der Waals surface area contributed by atoms with Gasteiger partial charge in [-0.3, -0.25) is 4.55 Å². The molecule has 0 aromatic heterocycles. The van der Waals surface area contributed by atoms with Crippen LogP contribution in [0.25, 0.3) is 0 Å². The van der Waals surface area contributed by atoms with Gasteiger partial charge < -0.3 is 5.73 Å². The lowest BCUT2D eigenvalue weighted by molar-refractivity contribution is -0.369. The third-order valence-electron chi connectivity index (χ3n) is 1.48. The molecular formula is C5H14NO3S+. The molecule has 0 bridgehead atoms. The van der Waals surface area contributed by atoms with Gasteiger partial charge in [0.05, 0.1) is 11.3 Å². The van der Waals surface area contributed by atoms with Crippen molar-refractivity contribution in [3.63, 3.8) is 0 Å². The topological polar surface area (TPSA) is 82.0 Å². The molecule has 4 N–H and O–H groups in total. The smallest absolute Gasteiger partial charge is 0.270 e. The van der Waals surface area contributed by atoms with Crippen molar-refractivity contribution in [2.75, 3.05) is 6.54 Å². The van der Waals surface area contributed by atoms with Gasteiger partial charge in [-0.2, -0.15) is 8.42 Å². The third-order valence-corrected chi connectivity index (χ3v) is 3.08. The first kappa shape index (κ1) is 9.87. The van der Waals surface area contributed by atoms with E-state index in [0.29, 0.717) is 13.0 Å². The Morgan fingerprint density at radius 2 is 1.90 bits per heavy atom. The molecule has 5 heteroatoms. The highest BCUT2D eigenvalue weighted by Crippen LogP contribution is 2.17. The van der Waals surface area contributed by atoms with Crippen LogP contribution in [0.2, 0.25) is 0 Å². The minimum Gasteiger partial charge on any atom is -0.358 e. The standard InChI is InChI=1S/C5H13NO3S/c1-5(2,3-4-6)10(7,8)9/h3-4,6H2,1-2H3,(H,7,8,9)/p+1. The lowest BCUT2D eigenvalue weighted by Crippen LogP contribution is -2.53. The van der Waals surface area contributed by atoms with E-state index in [4.69, 9.17) is 4.55 Å². The Morgan fingerprint density at radius 1 is 1.50 bits per heavy atom. The van der Waals surface area contributed by atoms with E-state index in [9.17, 15) is 8.42 Å². The van der Waals surface area contributed by atoms with Crippen LogP contribution in [-0.4, -0.2) is 24.3 Å². The summed E-state index contributed by atoms with van der Waals surface area (Å²) in [7, 11) is -3.90. The average molecular weight is 168 g/mol. The summed E-state index contributed by atoms with van der Waals surface area (Å²) in [4.78, 5) is 0. The Hall–Kier alpha value is -0.130. The fraction of sp³-hybridized carbons (Fsp3) is 1.00. The van der Waals surface area contributed by atoms with Gasteiger partial charge in [-0.05, 0) is 13.8 Å². The van der Waals surface area contributed by atoms with Gasteiger partial charge >= 0.3 is 0 Å². The van der Waals surface area contributed by atoms with Crippen LogP contribution in [0, 0.1) is 0 Å². The zero-order chi connectivity index (χ0) is 8.41. The molecule has 0 heterocycles. The number of hydrogen-bond donors (Lipinski definition) is 2. The number of hydrogen-bond acceptors (Lipinski definition) is 2. The van der Waals surface area contributed by atoms with Crippen LogP contribution in [0.4, 0.5) is 0 Å². The Bertz CT molecular complexity index is 195. The van der Waals surface area contributed by atoms with Crippen molar-refractivity contribution in [1.29, 1.82) is 0 Å². The van der Waals surface area contributed by atoms with Gasteiger partial charge in [0, 0.05) is 6.42 Å². The molecule has 0 saturated carbocycles. The molecule has 0 rings (SSSR count). The SMILES string of the molecule is CC(C)(CC[NH3+])S(=O)(=O)O. The van der Waals surface area contributed by atoms with E-state index in [0.717, 1.165) is 0 Å². The second-order valence-corrected chi connectivity index (χ2v) is 4.89. The van der Waals surface area contributed by atoms with Crippen molar-refractivity contribution < 1.29 is 18.7 Å². The van der Waals surface area contributed by atoms with E-state index >= 15 is 0 Å². The van der Waals surface area contributed by atoms with Crippen LogP contribution in [0.3, 0.4) is 0 Å². The van der Waals surface area contributed by atoms with E-state index in [2.05, 4.69) is 5.73 Å². The van der Waals surface area contributed by atoms with E-state index in [1.165, 1.54) is 13.8 Å². The van der Waals surface area contributed by atoms with Crippen LogP contribution in [0.1, 0.15) is 20.3 Å². The lowest BCUT2D eigenvalue weighted by atomic mass is 10.1. The first-order valence-electron chi connectivity index (χ1n) is 3.07. The summed E-state index contributed by atoms with van der Waals surface area (Å²) in [6.07, 6.45) is 0.381. The summed E-state index contributed by atoms with van der Waals surface area (Å²) in [5.41, 5.74) is 3.51. The Labute approximate surface area is 61.2 Å². The largest absolute Gasteiger partial charge is 0.358 e. The second kappa shape index (κ2) is 2.86. The van der Waals surface area contributed by atoms with Crippen LogP contribution in [0.15, 0.2) is 0 Å². The molecule has 0 atom stereocenters. The van der Waals surface area contributed by atoms with Gasteiger partial charge in [0.2, 0.25) is 0 Å². The molecule has 0 aromatic carbocycles. The highest BCUT2D eigenvalue weighted by molar-refractivity contribution is 7.87. The van der Waals surface area contributed by atoms with Gasteiger partial charge in [0.1, 0.15) is 0 Å². The predicted molar refractivity (Wildman–Crippen MR) is 38.0 cm³/mol. The van der Waals surface area contributed by atoms with Crippen molar-refractivity contribution in [2.24, 2.45) is 0 Å². The maximum absolute atomic E-state index is 10.6. The molecule has 0 aliphatic heterocycles. The quantitative estimate of drug-likeness (QED) is 0.546. The Balaban J connectivity index is 4.42. The fourth-order valence-electron chi connectivity index (χ4n) is 0.555. The summed E-state index contributed by atoms with van der Waals surface area (Å²) < 4.78 is 28.7. The van der Waals surface area contributed by atoms with Crippen LogP contribution < -0.4 is 5.73 Å². The maximum Gasteiger partial charge on any atom is 0.270 e. The Kier molecular flexibility index (Phi) is 2.82. The average Bonchev–Trinajstić information content (AvgIpc) is 1.61. The first-order chi connectivity index (χ1) is 4.31. The lowest BCUT2D eigenvalue weighted by Gasteiger charge is -2.17. The summed E-state index contributed by atoms with van der Waals surface area (Å²) in [6.45, 7) is 3.47. The number of quaternary nitrogens is 1. The molecule has 0 fully saturated rings. The van der Waals surface area contributed by atoms with E-state index < -0.39 is 14.9 Å². The van der Waals surface area contributed by atoms with Crippen molar-refractivity contribution in [3.05, 3.63) is 0 Å². The zero-order valence-corrected chi connectivity index (χ0v) is 7.11. The molecule has 0 radical (unpaired) electrons. The monoisotopic (exact) mass is 168 g/mol. The summed E-state index contributed by atoms with van der Waals surface area (Å²) >= 11 is 0. The van der Waals surface area contributed by atoms with Crippen molar-refractivity contribution >= 4 is 10.1 Å².